The molecule has 0 amide bonds. The molecule has 4 nitrogen and oxygen atoms in total. The third kappa shape index (κ3) is 3.59. The molecular weight excluding hydrogens is 252 g/mol. The highest BCUT2D eigenvalue weighted by atomic mass is 19.1. The zero-order valence-electron chi connectivity index (χ0n) is 10.6. The van der Waals surface area contributed by atoms with Gasteiger partial charge >= 0.3 is 0 Å². The number of rotatable bonds is 6. The minimum atomic E-state index is -0.637. The Balaban J connectivity index is 2.04. The minimum Gasteiger partial charge on any atom is -0.383 e. The minimum absolute atomic E-state index is 0.226. The molecule has 1 aromatic carbocycles. The van der Waals surface area contributed by atoms with Gasteiger partial charge in [-0.25, -0.2) is 13.5 Å². The van der Waals surface area contributed by atoms with Crippen molar-refractivity contribution in [3.8, 4) is 5.69 Å². The van der Waals surface area contributed by atoms with Crippen LogP contribution in [0.15, 0.2) is 30.5 Å². The monoisotopic (exact) mass is 267 g/mol. The van der Waals surface area contributed by atoms with E-state index in [1.807, 2.05) is 0 Å². The first-order chi connectivity index (χ1) is 9.20. The molecular formula is C13H15F2N3O. The Kier molecular flexibility index (Phi) is 4.59. The largest absolute Gasteiger partial charge is 0.383 e. The van der Waals surface area contributed by atoms with E-state index < -0.39 is 11.6 Å². The number of methoxy groups -OCH3 is 1. The second-order valence-corrected chi connectivity index (χ2v) is 4.02. The summed E-state index contributed by atoms with van der Waals surface area (Å²) in [6.45, 7) is 1.90. The van der Waals surface area contributed by atoms with Gasteiger partial charge < -0.3 is 10.1 Å². The quantitative estimate of drug-likeness (QED) is 0.812. The Morgan fingerprint density at radius 2 is 2.16 bits per heavy atom. The van der Waals surface area contributed by atoms with Gasteiger partial charge in [-0.2, -0.15) is 5.10 Å². The summed E-state index contributed by atoms with van der Waals surface area (Å²) in [6.07, 6.45) is 1.64. The molecule has 0 unspecified atom stereocenters. The van der Waals surface area contributed by atoms with E-state index in [4.69, 9.17) is 4.74 Å². The molecule has 0 saturated carbocycles. The van der Waals surface area contributed by atoms with Crippen molar-refractivity contribution in [2.24, 2.45) is 0 Å². The van der Waals surface area contributed by atoms with Crippen LogP contribution in [-0.4, -0.2) is 30.0 Å². The third-order valence-electron chi connectivity index (χ3n) is 2.59. The van der Waals surface area contributed by atoms with Gasteiger partial charge in [-0.3, -0.25) is 0 Å². The summed E-state index contributed by atoms with van der Waals surface area (Å²) in [4.78, 5) is 0. The summed E-state index contributed by atoms with van der Waals surface area (Å²) in [5.74, 6) is -1.24. The molecule has 6 heteroatoms. The lowest BCUT2D eigenvalue weighted by molar-refractivity contribution is 0.199. The SMILES string of the molecule is COCCNCc1ccn(-c2ccc(F)cc2F)n1. The van der Waals surface area contributed by atoms with Crippen molar-refractivity contribution >= 4 is 0 Å². The van der Waals surface area contributed by atoms with Crippen LogP contribution in [0, 0.1) is 11.6 Å². The van der Waals surface area contributed by atoms with Gasteiger partial charge in [-0.15, -0.1) is 0 Å². The standard InChI is InChI=1S/C13H15F2N3O/c1-19-7-5-16-9-11-4-6-18(17-11)13-3-2-10(14)8-12(13)15/h2-4,6,8,16H,5,7,9H2,1H3. The lowest BCUT2D eigenvalue weighted by Crippen LogP contribution is -2.18. The Morgan fingerprint density at radius 1 is 1.32 bits per heavy atom. The fourth-order valence-electron chi connectivity index (χ4n) is 1.65. The number of ether oxygens (including phenoxy) is 1. The van der Waals surface area contributed by atoms with Crippen molar-refractivity contribution in [2.45, 2.75) is 6.54 Å². The number of nitrogens with zero attached hydrogens (tertiary/aromatic N) is 2. The summed E-state index contributed by atoms with van der Waals surface area (Å²) >= 11 is 0. The molecule has 1 N–H and O–H groups in total. The molecule has 0 fully saturated rings. The van der Waals surface area contributed by atoms with Gasteiger partial charge in [0.25, 0.3) is 0 Å². The van der Waals surface area contributed by atoms with Crippen molar-refractivity contribution in [1.82, 2.24) is 15.1 Å². The normalized spacial score (nSPS) is 10.9. The number of hydrogen-bond acceptors (Lipinski definition) is 3. The van der Waals surface area contributed by atoms with E-state index in [9.17, 15) is 8.78 Å². The Morgan fingerprint density at radius 3 is 2.89 bits per heavy atom. The number of halogens is 2. The molecule has 0 aliphatic rings. The second-order valence-electron chi connectivity index (χ2n) is 4.02. The molecule has 0 bridgehead atoms. The van der Waals surface area contributed by atoms with Crippen LogP contribution in [0.5, 0.6) is 0 Å². The molecule has 19 heavy (non-hydrogen) atoms. The molecule has 2 rings (SSSR count). The molecule has 1 heterocycles. The van der Waals surface area contributed by atoms with Gasteiger partial charge in [0, 0.05) is 32.5 Å². The van der Waals surface area contributed by atoms with E-state index in [1.54, 1.807) is 19.4 Å². The third-order valence-corrected chi connectivity index (χ3v) is 2.59. The topological polar surface area (TPSA) is 39.1 Å². The smallest absolute Gasteiger partial charge is 0.151 e. The summed E-state index contributed by atoms with van der Waals surface area (Å²) in [7, 11) is 1.63. The van der Waals surface area contributed by atoms with Crippen LogP contribution in [0.4, 0.5) is 8.78 Å². The molecule has 0 aliphatic carbocycles. The summed E-state index contributed by atoms with van der Waals surface area (Å²) < 4.78 is 32.7. The van der Waals surface area contributed by atoms with Crippen LogP contribution in [-0.2, 0) is 11.3 Å². The van der Waals surface area contributed by atoms with Crippen LogP contribution in [0.3, 0.4) is 0 Å². The Labute approximate surface area is 110 Å². The highest BCUT2D eigenvalue weighted by Crippen LogP contribution is 2.14. The fraction of sp³-hybridized carbons (Fsp3) is 0.308. The summed E-state index contributed by atoms with van der Waals surface area (Å²) in [5, 5.41) is 7.36. The van der Waals surface area contributed by atoms with Gasteiger partial charge in [0.05, 0.1) is 12.3 Å². The first-order valence-corrected chi connectivity index (χ1v) is 5.90. The van der Waals surface area contributed by atoms with Crippen molar-refractivity contribution in [3.05, 3.63) is 47.8 Å². The Bertz CT molecular complexity index is 542. The van der Waals surface area contributed by atoms with Crippen LogP contribution in [0.25, 0.3) is 5.69 Å². The van der Waals surface area contributed by atoms with Crippen LogP contribution >= 0.6 is 0 Å². The average Bonchev–Trinajstić information content (AvgIpc) is 2.83. The summed E-state index contributed by atoms with van der Waals surface area (Å²) in [6, 6.07) is 5.19. The zero-order chi connectivity index (χ0) is 13.7. The molecule has 0 radical (unpaired) electrons. The van der Waals surface area contributed by atoms with E-state index in [0.717, 1.165) is 11.8 Å². The predicted molar refractivity (Wildman–Crippen MR) is 67.1 cm³/mol. The lowest BCUT2D eigenvalue weighted by atomic mass is 10.3. The first-order valence-electron chi connectivity index (χ1n) is 5.90. The fourth-order valence-corrected chi connectivity index (χ4v) is 1.65. The highest BCUT2D eigenvalue weighted by Gasteiger charge is 2.07. The average molecular weight is 267 g/mol. The molecule has 0 aliphatic heterocycles. The van der Waals surface area contributed by atoms with Crippen molar-refractivity contribution in [3.63, 3.8) is 0 Å². The number of aromatic nitrogens is 2. The maximum absolute atomic E-state index is 13.6. The van der Waals surface area contributed by atoms with Gasteiger partial charge in [0.2, 0.25) is 0 Å². The van der Waals surface area contributed by atoms with E-state index in [1.165, 1.54) is 16.8 Å². The maximum Gasteiger partial charge on any atom is 0.151 e. The van der Waals surface area contributed by atoms with E-state index >= 15 is 0 Å². The van der Waals surface area contributed by atoms with Crippen LogP contribution < -0.4 is 5.32 Å². The molecule has 1 aromatic heterocycles. The lowest BCUT2D eigenvalue weighted by Gasteiger charge is -2.03. The number of nitrogens with one attached hydrogen (secondary N) is 1. The summed E-state index contributed by atoms with van der Waals surface area (Å²) in [5.41, 5.74) is 1.00. The van der Waals surface area contributed by atoms with Gasteiger partial charge in [-0.05, 0) is 18.2 Å². The Hall–Kier alpha value is -1.79. The van der Waals surface area contributed by atoms with E-state index in [0.29, 0.717) is 19.7 Å². The second kappa shape index (κ2) is 6.40. The zero-order valence-corrected chi connectivity index (χ0v) is 10.6. The number of hydrogen-bond donors (Lipinski definition) is 1. The molecule has 0 spiro atoms. The molecule has 0 atom stereocenters. The van der Waals surface area contributed by atoms with Crippen LogP contribution in [0.2, 0.25) is 0 Å². The van der Waals surface area contributed by atoms with Crippen LogP contribution in [0.1, 0.15) is 5.69 Å². The van der Waals surface area contributed by atoms with Crippen molar-refractivity contribution in [1.29, 1.82) is 0 Å². The molecule has 0 saturated heterocycles. The van der Waals surface area contributed by atoms with Crippen molar-refractivity contribution < 1.29 is 13.5 Å². The van der Waals surface area contributed by atoms with E-state index in [2.05, 4.69) is 10.4 Å². The van der Waals surface area contributed by atoms with Gasteiger partial charge in [-0.1, -0.05) is 0 Å². The van der Waals surface area contributed by atoms with E-state index in [-0.39, 0.29) is 5.69 Å². The first kappa shape index (κ1) is 13.6. The van der Waals surface area contributed by atoms with Gasteiger partial charge in [0.15, 0.2) is 5.82 Å². The number of benzene rings is 1. The molecule has 102 valence electrons. The molecule has 2 aromatic rings. The maximum atomic E-state index is 13.6. The highest BCUT2D eigenvalue weighted by molar-refractivity contribution is 5.33. The predicted octanol–water partition coefficient (Wildman–Crippen LogP) is 1.89. The van der Waals surface area contributed by atoms with Gasteiger partial charge in [0.1, 0.15) is 11.5 Å². The van der Waals surface area contributed by atoms with Crippen molar-refractivity contribution in [2.75, 3.05) is 20.3 Å².